The predicted molar refractivity (Wildman–Crippen MR) is 176 cm³/mol. The Balaban J connectivity index is 1.37. The third-order valence-corrected chi connectivity index (χ3v) is 8.54. The van der Waals surface area contributed by atoms with E-state index in [4.69, 9.17) is 4.98 Å². The van der Waals surface area contributed by atoms with Crippen molar-refractivity contribution in [2.75, 3.05) is 0 Å². The third-order valence-electron chi connectivity index (χ3n) is 8.54. The summed E-state index contributed by atoms with van der Waals surface area (Å²) in [6, 6.07) is 41.7. The highest BCUT2D eigenvalue weighted by atomic mass is 14.7. The van der Waals surface area contributed by atoms with Crippen molar-refractivity contribution >= 4 is 44.6 Å². The topological polar surface area (TPSA) is 12.9 Å². The van der Waals surface area contributed by atoms with Gasteiger partial charge in [0.25, 0.3) is 0 Å². The average molecular weight is 522 g/mol. The third kappa shape index (κ3) is 3.59. The van der Waals surface area contributed by atoms with Crippen LogP contribution in [0.4, 0.5) is 0 Å². The summed E-state index contributed by atoms with van der Waals surface area (Å²) in [5, 5.41) is 6.35. The molecule has 0 atom stereocenters. The maximum absolute atomic E-state index is 4.99. The number of nitrogens with zero attached hydrogens (tertiary/aromatic N) is 1. The largest absolute Gasteiger partial charge is 0.256 e. The summed E-state index contributed by atoms with van der Waals surface area (Å²) in [6.45, 7) is 3.98. The summed E-state index contributed by atoms with van der Waals surface area (Å²) in [5.74, 6) is 0. The number of benzene rings is 6. The molecular weight excluding hydrogens is 494 g/mol. The molecular formula is C40H27N. The minimum absolute atomic E-state index is 0.791. The lowest BCUT2D eigenvalue weighted by molar-refractivity contribution is 1.29. The fraction of sp³-hybridized carbons (Fsp3) is 0.0250. The van der Waals surface area contributed by atoms with Gasteiger partial charge in [-0.2, -0.15) is 0 Å². The number of allylic oxidation sites excluding steroid dienone is 1. The van der Waals surface area contributed by atoms with Crippen LogP contribution in [0.25, 0.3) is 78.0 Å². The van der Waals surface area contributed by atoms with Gasteiger partial charge in [-0.05, 0) is 84.1 Å². The van der Waals surface area contributed by atoms with E-state index in [0.717, 1.165) is 17.5 Å². The molecule has 0 spiro atoms. The Bertz CT molecular complexity index is 2110. The van der Waals surface area contributed by atoms with Crippen LogP contribution in [0, 0.1) is 0 Å². The standard InChI is InChI=1S/C40H27N/c1-2-26-12-3-4-13-27(26)14-9-21-36-30-17-7-8-18-31(30)39(37-22-11-25-41-40(36)37)35-24-23-34-29-16-6-5-15-28(29)32-19-10-20-33(35)38(32)34/h2-20,22-25H,1,21H2/b14-9-. The molecule has 1 heteroatoms. The highest BCUT2D eigenvalue weighted by molar-refractivity contribution is 6.23. The molecule has 0 N–H and O–H groups in total. The van der Waals surface area contributed by atoms with Crippen molar-refractivity contribution in [1.82, 2.24) is 4.98 Å². The van der Waals surface area contributed by atoms with Gasteiger partial charge in [0.1, 0.15) is 0 Å². The van der Waals surface area contributed by atoms with Crippen LogP contribution >= 0.6 is 0 Å². The van der Waals surface area contributed by atoms with Crippen molar-refractivity contribution in [3.63, 3.8) is 0 Å². The van der Waals surface area contributed by atoms with E-state index >= 15 is 0 Å². The number of fused-ring (bicyclic) bond motifs is 5. The van der Waals surface area contributed by atoms with Crippen molar-refractivity contribution in [3.05, 3.63) is 151 Å². The summed E-state index contributed by atoms with van der Waals surface area (Å²) >= 11 is 0. The Morgan fingerprint density at radius 3 is 2.00 bits per heavy atom. The van der Waals surface area contributed by atoms with Crippen molar-refractivity contribution in [2.45, 2.75) is 6.42 Å². The maximum Gasteiger partial charge on any atom is 0.0749 e. The maximum atomic E-state index is 4.99. The molecule has 192 valence electrons. The molecule has 1 heterocycles. The first-order valence-corrected chi connectivity index (χ1v) is 14.2. The fourth-order valence-corrected chi connectivity index (χ4v) is 6.76. The Morgan fingerprint density at radius 1 is 0.537 bits per heavy atom. The molecule has 0 saturated heterocycles. The van der Waals surface area contributed by atoms with Crippen LogP contribution in [-0.4, -0.2) is 4.98 Å². The van der Waals surface area contributed by atoms with E-state index in [-0.39, 0.29) is 0 Å². The lowest BCUT2D eigenvalue weighted by Gasteiger charge is -2.18. The summed E-state index contributed by atoms with van der Waals surface area (Å²) in [6.07, 6.45) is 9.09. The average Bonchev–Trinajstić information content (AvgIpc) is 3.36. The van der Waals surface area contributed by atoms with E-state index in [1.54, 1.807) is 0 Å². The number of rotatable bonds is 5. The fourth-order valence-electron chi connectivity index (χ4n) is 6.76. The zero-order valence-electron chi connectivity index (χ0n) is 22.6. The van der Waals surface area contributed by atoms with Gasteiger partial charge in [0.2, 0.25) is 0 Å². The van der Waals surface area contributed by atoms with Gasteiger partial charge in [-0.25, -0.2) is 0 Å². The minimum Gasteiger partial charge on any atom is -0.256 e. The molecule has 1 aliphatic carbocycles. The van der Waals surface area contributed by atoms with Gasteiger partial charge in [0.05, 0.1) is 5.52 Å². The number of pyridine rings is 1. The second kappa shape index (κ2) is 9.43. The van der Waals surface area contributed by atoms with E-state index in [1.165, 1.54) is 71.4 Å². The van der Waals surface area contributed by atoms with E-state index in [9.17, 15) is 0 Å². The highest BCUT2D eigenvalue weighted by Crippen LogP contribution is 2.50. The van der Waals surface area contributed by atoms with Crippen molar-refractivity contribution in [3.8, 4) is 33.4 Å². The summed E-state index contributed by atoms with van der Waals surface area (Å²) in [4.78, 5) is 4.99. The van der Waals surface area contributed by atoms with Crippen molar-refractivity contribution in [1.29, 1.82) is 0 Å². The van der Waals surface area contributed by atoms with Gasteiger partial charge in [-0.3, -0.25) is 4.98 Å². The molecule has 0 amide bonds. The van der Waals surface area contributed by atoms with Crippen LogP contribution < -0.4 is 0 Å². The molecule has 6 aromatic carbocycles. The van der Waals surface area contributed by atoms with Crippen LogP contribution in [0.3, 0.4) is 0 Å². The van der Waals surface area contributed by atoms with E-state index in [2.05, 4.69) is 134 Å². The van der Waals surface area contributed by atoms with Gasteiger partial charge in [0.15, 0.2) is 0 Å². The normalized spacial score (nSPS) is 12.0. The lowest BCUT2D eigenvalue weighted by atomic mass is 9.86. The first kappa shape index (κ1) is 23.6. The van der Waals surface area contributed by atoms with Crippen LogP contribution in [-0.2, 0) is 6.42 Å². The first-order chi connectivity index (χ1) is 20.3. The second-order valence-corrected chi connectivity index (χ2v) is 10.7. The zero-order chi connectivity index (χ0) is 27.3. The molecule has 0 radical (unpaired) electrons. The van der Waals surface area contributed by atoms with Crippen molar-refractivity contribution in [2.24, 2.45) is 0 Å². The first-order valence-electron chi connectivity index (χ1n) is 14.2. The highest BCUT2D eigenvalue weighted by Gasteiger charge is 2.24. The van der Waals surface area contributed by atoms with Gasteiger partial charge >= 0.3 is 0 Å². The molecule has 0 aliphatic heterocycles. The van der Waals surface area contributed by atoms with E-state index in [0.29, 0.717) is 0 Å². The number of aromatic nitrogens is 1. The molecule has 0 saturated carbocycles. The Hall–Kier alpha value is -5.27. The van der Waals surface area contributed by atoms with Crippen LogP contribution in [0.5, 0.6) is 0 Å². The van der Waals surface area contributed by atoms with Crippen LogP contribution in [0.1, 0.15) is 16.7 Å². The molecule has 8 rings (SSSR count). The Morgan fingerprint density at radius 2 is 1.17 bits per heavy atom. The van der Waals surface area contributed by atoms with Gasteiger partial charge in [-0.1, -0.05) is 134 Å². The Labute approximate surface area is 239 Å². The molecule has 0 bridgehead atoms. The lowest BCUT2D eigenvalue weighted by Crippen LogP contribution is -1.95. The molecule has 0 unspecified atom stereocenters. The SMILES string of the molecule is C=Cc1ccccc1/C=C\Cc1c2ccccc2c(-c2ccc3c4c(cccc24)-c2ccccc2-3)c2cccnc12. The molecule has 0 fully saturated rings. The van der Waals surface area contributed by atoms with E-state index < -0.39 is 0 Å². The van der Waals surface area contributed by atoms with Gasteiger partial charge in [-0.15, -0.1) is 0 Å². The predicted octanol–water partition coefficient (Wildman–Crippen LogP) is 10.8. The number of hydrogen-bond donors (Lipinski definition) is 0. The minimum atomic E-state index is 0.791. The number of hydrogen-bond acceptors (Lipinski definition) is 1. The van der Waals surface area contributed by atoms with Gasteiger partial charge < -0.3 is 0 Å². The van der Waals surface area contributed by atoms with Crippen molar-refractivity contribution < 1.29 is 0 Å². The summed E-state index contributed by atoms with van der Waals surface area (Å²) < 4.78 is 0. The molecule has 7 aromatic rings. The second-order valence-electron chi connectivity index (χ2n) is 10.7. The molecule has 1 aliphatic rings. The summed E-state index contributed by atoms with van der Waals surface area (Å²) in [5.41, 5.74) is 12.4. The summed E-state index contributed by atoms with van der Waals surface area (Å²) in [7, 11) is 0. The smallest absolute Gasteiger partial charge is 0.0749 e. The zero-order valence-corrected chi connectivity index (χ0v) is 22.6. The van der Waals surface area contributed by atoms with Crippen LogP contribution in [0.2, 0.25) is 0 Å². The Kier molecular flexibility index (Phi) is 5.43. The van der Waals surface area contributed by atoms with E-state index in [1.807, 2.05) is 12.3 Å². The molecule has 1 aromatic heterocycles. The van der Waals surface area contributed by atoms with Gasteiger partial charge in [0, 0.05) is 11.6 Å². The molecule has 1 nitrogen and oxygen atoms in total. The van der Waals surface area contributed by atoms with Crippen LogP contribution in [0.15, 0.2) is 134 Å². The quantitative estimate of drug-likeness (QED) is 0.205. The molecule has 41 heavy (non-hydrogen) atoms. The monoisotopic (exact) mass is 521 g/mol.